The third-order valence-electron chi connectivity index (χ3n) is 5.76. The van der Waals surface area contributed by atoms with Crippen molar-refractivity contribution >= 4 is 15.9 Å². The van der Waals surface area contributed by atoms with Gasteiger partial charge in [-0.05, 0) is 43.0 Å². The van der Waals surface area contributed by atoms with Crippen molar-refractivity contribution in [2.45, 2.75) is 37.1 Å². The molecule has 9 heteroatoms. The number of rotatable bonds is 6. The number of nitrogens with zero attached hydrogens (tertiary/aromatic N) is 2. The number of carbonyl (C=O) groups is 1. The molecule has 3 heterocycles. The SMILES string of the molecule is CCCOc1ccc(S(=O)(=O)N2CC3CC(C2)c2cccc(=O)n2C3)cc1C(N)=O. The Morgan fingerprint density at radius 1 is 1.20 bits per heavy atom. The molecule has 2 N–H and O–H groups in total. The summed E-state index contributed by atoms with van der Waals surface area (Å²) in [6.45, 7) is 3.47. The summed E-state index contributed by atoms with van der Waals surface area (Å²) >= 11 is 0. The van der Waals surface area contributed by atoms with Crippen LogP contribution in [0.2, 0.25) is 0 Å². The quantitative estimate of drug-likeness (QED) is 0.746. The summed E-state index contributed by atoms with van der Waals surface area (Å²) in [5.41, 5.74) is 6.34. The average Bonchev–Trinajstić information content (AvgIpc) is 2.72. The van der Waals surface area contributed by atoms with Crippen LogP contribution in [0.15, 0.2) is 46.1 Å². The van der Waals surface area contributed by atoms with Crippen molar-refractivity contribution in [3.8, 4) is 5.75 Å². The molecule has 0 saturated carbocycles. The van der Waals surface area contributed by atoms with Gasteiger partial charge in [-0.15, -0.1) is 0 Å². The van der Waals surface area contributed by atoms with E-state index in [2.05, 4.69) is 0 Å². The molecule has 160 valence electrons. The molecular weight excluding hydrogens is 406 g/mol. The largest absolute Gasteiger partial charge is 0.493 e. The number of benzene rings is 1. The third-order valence-corrected chi connectivity index (χ3v) is 7.59. The molecule has 2 aliphatic heterocycles. The van der Waals surface area contributed by atoms with Crippen LogP contribution in [0.5, 0.6) is 5.75 Å². The number of hydrogen-bond acceptors (Lipinski definition) is 5. The Kier molecular flexibility index (Phi) is 5.42. The van der Waals surface area contributed by atoms with Gasteiger partial charge >= 0.3 is 0 Å². The zero-order chi connectivity index (χ0) is 21.5. The van der Waals surface area contributed by atoms with Crippen LogP contribution < -0.4 is 16.0 Å². The predicted octanol–water partition coefficient (Wildman–Crippen LogP) is 1.54. The third kappa shape index (κ3) is 3.63. The lowest BCUT2D eigenvalue weighted by atomic mass is 9.84. The fraction of sp³-hybridized carbons (Fsp3) is 0.429. The first-order valence-corrected chi connectivity index (χ1v) is 11.5. The van der Waals surface area contributed by atoms with Crippen molar-refractivity contribution in [2.75, 3.05) is 19.7 Å². The summed E-state index contributed by atoms with van der Waals surface area (Å²) in [7, 11) is -3.83. The van der Waals surface area contributed by atoms with Gasteiger partial charge in [-0.2, -0.15) is 4.31 Å². The highest BCUT2D eigenvalue weighted by molar-refractivity contribution is 7.89. The van der Waals surface area contributed by atoms with Gasteiger partial charge in [0, 0.05) is 37.3 Å². The number of hydrogen-bond donors (Lipinski definition) is 1. The van der Waals surface area contributed by atoms with E-state index in [9.17, 15) is 18.0 Å². The Morgan fingerprint density at radius 3 is 2.73 bits per heavy atom. The number of ether oxygens (including phenoxy) is 1. The minimum Gasteiger partial charge on any atom is -0.493 e. The second kappa shape index (κ2) is 7.88. The highest BCUT2D eigenvalue weighted by Crippen LogP contribution is 2.37. The molecule has 1 aromatic heterocycles. The minimum atomic E-state index is -3.83. The van der Waals surface area contributed by atoms with Gasteiger partial charge in [-0.3, -0.25) is 9.59 Å². The van der Waals surface area contributed by atoms with Crippen LogP contribution >= 0.6 is 0 Å². The van der Waals surface area contributed by atoms with Crippen molar-refractivity contribution in [3.63, 3.8) is 0 Å². The molecule has 0 radical (unpaired) electrons. The topological polar surface area (TPSA) is 112 Å². The fourth-order valence-electron chi connectivity index (χ4n) is 4.40. The van der Waals surface area contributed by atoms with E-state index < -0.39 is 15.9 Å². The molecule has 30 heavy (non-hydrogen) atoms. The molecule has 2 unspecified atom stereocenters. The number of piperidine rings is 1. The Hall–Kier alpha value is -2.65. The van der Waals surface area contributed by atoms with Crippen molar-refractivity contribution in [2.24, 2.45) is 11.7 Å². The lowest BCUT2D eigenvalue weighted by molar-refractivity contribution is 0.0996. The molecule has 1 fully saturated rings. The van der Waals surface area contributed by atoms with E-state index in [1.165, 1.54) is 28.6 Å². The van der Waals surface area contributed by atoms with E-state index in [-0.39, 0.29) is 33.6 Å². The molecule has 0 spiro atoms. The van der Waals surface area contributed by atoms with Crippen LogP contribution in [-0.2, 0) is 16.6 Å². The normalized spacial score (nSPS) is 21.1. The molecule has 8 nitrogen and oxygen atoms in total. The predicted molar refractivity (Wildman–Crippen MR) is 111 cm³/mol. The molecule has 2 atom stereocenters. The summed E-state index contributed by atoms with van der Waals surface area (Å²) in [5, 5.41) is 0. The van der Waals surface area contributed by atoms with Gasteiger partial charge in [-0.1, -0.05) is 13.0 Å². The maximum atomic E-state index is 13.4. The van der Waals surface area contributed by atoms with E-state index in [4.69, 9.17) is 10.5 Å². The number of primary amides is 1. The van der Waals surface area contributed by atoms with Crippen molar-refractivity contribution < 1.29 is 17.9 Å². The number of carbonyl (C=O) groups excluding carboxylic acids is 1. The Labute approximate surface area is 175 Å². The zero-order valence-electron chi connectivity index (χ0n) is 16.8. The monoisotopic (exact) mass is 431 g/mol. The summed E-state index contributed by atoms with van der Waals surface area (Å²) in [5.74, 6) is -0.424. The molecule has 4 rings (SSSR count). The standard InChI is InChI=1S/C21H25N3O5S/c1-2-8-29-19-7-6-16(10-17(19)21(22)26)30(27,28)23-11-14-9-15(13-23)18-4-3-5-20(25)24(18)12-14/h3-7,10,14-15H,2,8-9,11-13H2,1H3,(H2,22,26). The summed E-state index contributed by atoms with van der Waals surface area (Å²) in [4.78, 5) is 24.1. The van der Waals surface area contributed by atoms with Crippen molar-refractivity contribution in [3.05, 3.63) is 58.0 Å². The molecule has 1 saturated heterocycles. The first kappa shape index (κ1) is 20.6. The van der Waals surface area contributed by atoms with Gasteiger partial charge in [0.25, 0.3) is 11.5 Å². The lowest BCUT2D eigenvalue weighted by Gasteiger charge is -2.42. The second-order valence-corrected chi connectivity index (χ2v) is 9.83. The number of nitrogens with two attached hydrogens (primary N) is 1. The number of fused-ring (bicyclic) bond motifs is 4. The van der Waals surface area contributed by atoms with Gasteiger partial charge in [-0.25, -0.2) is 8.42 Å². The van der Waals surface area contributed by atoms with Gasteiger partial charge < -0.3 is 15.0 Å². The number of aromatic nitrogens is 1. The molecule has 2 aliphatic rings. The van der Waals surface area contributed by atoms with E-state index in [0.717, 1.165) is 18.5 Å². The zero-order valence-corrected chi connectivity index (χ0v) is 17.6. The molecule has 2 bridgehead atoms. The smallest absolute Gasteiger partial charge is 0.252 e. The maximum Gasteiger partial charge on any atom is 0.252 e. The van der Waals surface area contributed by atoms with Gasteiger partial charge in [0.15, 0.2) is 0 Å². The molecule has 2 aromatic rings. The highest BCUT2D eigenvalue weighted by Gasteiger charge is 2.39. The lowest BCUT2D eigenvalue weighted by Crippen LogP contribution is -2.49. The first-order chi connectivity index (χ1) is 14.3. The maximum absolute atomic E-state index is 13.4. The van der Waals surface area contributed by atoms with Gasteiger partial charge in [0.1, 0.15) is 5.75 Å². The van der Waals surface area contributed by atoms with Crippen molar-refractivity contribution in [1.29, 1.82) is 0 Å². The van der Waals surface area contributed by atoms with Gasteiger partial charge in [0.2, 0.25) is 10.0 Å². The number of amides is 1. The number of pyridine rings is 1. The Morgan fingerprint density at radius 2 is 2.00 bits per heavy atom. The highest BCUT2D eigenvalue weighted by atomic mass is 32.2. The Balaban J connectivity index is 1.66. The molecule has 0 aliphatic carbocycles. The van der Waals surface area contributed by atoms with Crippen LogP contribution in [0, 0.1) is 5.92 Å². The van der Waals surface area contributed by atoms with E-state index >= 15 is 0 Å². The van der Waals surface area contributed by atoms with Crippen LogP contribution in [-0.4, -0.2) is 42.9 Å². The molecule has 1 aromatic carbocycles. The minimum absolute atomic E-state index is 0.0191. The van der Waals surface area contributed by atoms with E-state index in [0.29, 0.717) is 26.2 Å². The van der Waals surface area contributed by atoms with Crippen LogP contribution in [0.3, 0.4) is 0 Å². The first-order valence-electron chi connectivity index (χ1n) is 10.1. The van der Waals surface area contributed by atoms with Crippen LogP contribution in [0.1, 0.15) is 41.7 Å². The average molecular weight is 432 g/mol. The fourth-order valence-corrected chi connectivity index (χ4v) is 5.99. The summed E-state index contributed by atoms with van der Waals surface area (Å²) in [6.07, 6.45) is 1.60. The Bertz CT molecular complexity index is 1140. The molecule has 1 amide bonds. The summed E-state index contributed by atoms with van der Waals surface area (Å²) in [6, 6.07) is 9.38. The van der Waals surface area contributed by atoms with Crippen molar-refractivity contribution in [1.82, 2.24) is 8.87 Å². The van der Waals surface area contributed by atoms with Gasteiger partial charge in [0.05, 0.1) is 17.1 Å². The van der Waals surface area contributed by atoms with Crippen LogP contribution in [0.4, 0.5) is 0 Å². The number of sulfonamides is 1. The second-order valence-electron chi connectivity index (χ2n) is 7.89. The molecular formula is C21H25N3O5S. The van der Waals surface area contributed by atoms with E-state index in [1.54, 1.807) is 10.6 Å². The van der Waals surface area contributed by atoms with Crippen LogP contribution in [0.25, 0.3) is 0 Å². The van der Waals surface area contributed by atoms with E-state index in [1.807, 2.05) is 13.0 Å². The summed E-state index contributed by atoms with van der Waals surface area (Å²) < 4.78 is 35.5.